The normalized spacial score (nSPS) is 22.2. The summed E-state index contributed by atoms with van der Waals surface area (Å²) in [4.78, 5) is 11.4. The van der Waals surface area contributed by atoms with Crippen LogP contribution in [-0.4, -0.2) is 12.1 Å². The van der Waals surface area contributed by atoms with E-state index in [2.05, 4.69) is 59.0 Å². The Morgan fingerprint density at radius 1 is 1.14 bits per heavy atom. The van der Waals surface area contributed by atoms with Crippen LogP contribution in [0.4, 0.5) is 0 Å². The fourth-order valence-corrected chi connectivity index (χ4v) is 4.30. The van der Waals surface area contributed by atoms with Crippen LogP contribution >= 0.6 is 22.6 Å². The molecule has 0 aliphatic heterocycles. The van der Waals surface area contributed by atoms with Crippen LogP contribution < -0.4 is 0 Å². The Morgan fingerprint density at radius 3 is 2.71 bits per heavy atom. The van der Waals surface area contributed by atoms with Crippen LogP contribution in [0.2, 0.25) is 0 Å². The molecule has 2 aromatic carbocycles. The summed E-state index contributed by atoms with van der Waals surface area (Å²) < 4.78 is 6.89. The van der Waals surface area contributed by atoms with Crippen LogP contribution in [0.25, 0.3) is 10.8 Å². The monoisotopic (exact) mass is 394 g/mol. The number of rotatable bonds is 2. The predicted octanol–water partition coefficient (Wildman–Crippen LogP) is 5.03. The summed E-state index contributed by atoms with van der Waals surface area (Å²) in [5.74, 6) is 0.155. The average molecular weight is 394 g/mol. The summed E-state index contributed by atoms with van der Waals surface area (Å²) in [6, 6.07) is 12.8. The van der Waals surface area contributed by atoms with Crippen molar-refractivity contribution in [1.29, 1.82) is 0 Å². The highest BCUT2D eigenvalue weighted by Crippen LogP contribution is 2.40. The van der Waals surface area contributed by atoms with Gasteiger partial charge in [-0.2, -0.15) is 0 Å². The van der Waals surface area contributed by atoms with E-state index in [0.29, 0.717) is 5.92 Å². The Labute approximate surface area is 139 Å². The lowest BCUT2D eigenvalue weighted by Crippen LogP contribution is -2.28. The number of carbonyl (C=O) groups is 1. The van der Waals surface area contributed by atoms with Gasteiger partial charge in [-0.1, -0.05) is 36.8 Å². The number of hydrogen-bond acceptors (Lipinski definition) is 2. The van der Waals surface area contributed by atoms with Crippen LogP contribution in [0.15, 0.2) is 36.4 Å². The summed E-state index contributed by atoms with van der Waals surface area (Å²) in [6.07, 6.45) is 4.46. The Balaban J connectivity index is 2.08. The molecule has 1 aliphatic carbocycles. The van der Waals surface area contributed by atoms with Gasteiger partial charge in [0.05, 0.1) is 0 Å². The average Bonchev–Trinajstić information content (AvgIpc) is 2.48. The highest BCUT2D eigenvalue weighted by atomic mass is 127. The van der Waals surface area contributed by atoms with E-state index in [9.17, 15) is 4.79 Å². The van der Waals surface area contributed by atoms with Gasteiger partial charge < -0.3 is 4.74 Å². The van der Waals surface area contributed by atoms with Crippen LogP contribution in [0.3, 0.4) is 0 Å². The van der Waals surface area contributed by atoms with E-state index in [-0.39, 0.29) is 12.1 Å². The van der Waals surface area contributed by atoms with E-state index in [0.717, 1.165) is 19.3 Å². The van der Waals surface area contributed by atoms with Gasteiger partial charge in [0.25, 0.3) is 0 Å². The molecule has 0 radical (unpaired) electrons. The first kappa shape index (κ1) is 14.8. The molecule has 3 rings (SSSR count). The first-order valence-corrected chi connectivity index (χ1v) is 8.59. The SMILES string of the molecule is CC(=O)O[C@H]1CCCC[C@H]1c1c(I)ccc2ccccc12. The van der Waals surface area contributed by atoms with Crippen molar-refractivity contribution in [2.45, 2.75) is 44.6 Å². The van der Waals surface area contributed by atoms with E-state index in [1.165, 1.54) is 33.3 Å². The zero-order valence-electron chi connectivity index (χ0n) is 12.1. The maximum absolute atomic E-state index is 11.4. The van der Waals surface area contributed by atoms with Crippen LogP contribution in [0.5, 0.6) is 0 Å². The topological polar surface area (TPSA) is 26.3 Å². The number of hydrogen-bond donors (Lipinski definition) is 0. The van der Waals surface area contributed by atoms with Crippen molar-refractivity contribution in [1.82, 2.24) is 0 Å². The quantitative estimate of drug-likeness (QED) is 0.527. The predicted molar refractivity (Wildman–Crippen MR) is 93.4 cm³/mol. The lowest BCUT2D eigenvalue weighted by atomic mass is 9.80. The summed E-state index contributed by atoms with van der Waals surface area (Å²) in [7, 11) is 0. The maximum Gasteiger partial charge on any atom is 0.302 e. The standard InChI is InChI=1S/C18H19IO2/c1-12(20)21-17-9-5-4-8-15(17)18-14-7-3-2-6-13(14)10-11-16(18)19/h2-3,6-7,10-11,15,17H,4-5,8-9H2,1H3/t15-,17+/m1/s1. The molecule has 1 fully saturated rings. The van der Waals surface area contributed by atoms with Crippen molar-refractivity contribution in [2.24, 2.45) is 0 Å². The Morgan fingerprint density at radius 2 is 1.90 bits per heavy atom. The highest BCUT2D eigenvalue weighted by Gasteiger charge is 2.31. The molecule has 21 heavy (non-hydrogen) atoms. The highest BCUT2D eigenvalue weighted by molar-refractivity contribution is 14.1. The van der Waals surface area contributed by atoms with Crippen LogP contribution in [0.1, 0.15) is 44.1 Å². The minimum absolute atomic E-state index is 0.0237. The molecule has 1 saturated carbocycles. The van der Waals surface area contributed by atoms with Crippen molar-refractivity contribution in [3.8, 4) is 0 Å². The molecule has 0 heterocycles. The van der Waals surface area contributed by atoms with Gasteiger partial charge in [-0.25, -0.2) is 0 Å². The lowest BCUT2D eigenvalue weighted by Gasteiger charge is -2.32. The van der Waals surface area contributed by atoms with Gasteiger partial charge in [0, 0.05) is 16.4 Å². The molecule has 0 amide bonds. The van der Waals surface area contributed by atoms with E-state index >= 15 is 0 Å². The van der Waals surface area contributed by atoms with Gasteiger partial charge in [0.1, 0.15) is 6.10 Å². The lowest BCUT2D eigenvalue weighted by molar-refractivity contribution is -0.148. The first-order valence-electron chi connectivity index (χ1n) is 7.51. The van der Waals surface area contributed by atoms with Gasteiger partial charge in [0.15, 0.2) is 0 Å². The zero-order valence-corrected chi connectivity index (χ0v) is 14.3. The van der Waals surface area contributed by atoms with Gasteiger partial charge in [0.2, 0.25) is 0 Å². The van der Waals surface area contributed by atoms with Crippen molar-refractivity contribution < 1.29 is 9.53 Å². The molecule has 3 heteroatoms. The molecule has 2 nitrogen and oxygen atoms in total. The second kappa shape index (κ2) is 6.34. The Bertz CT molecular complexity index is 665. The number of carbonyl (C=O) groups excluding carboxylic acids is 1. The molecule has 2 atom stereocenters. The Kier molecular flexibility index (Phi) is 4.48. The van der Waals surface area contributed by atoms with E-state index in [4.69, 9.17) is 4.74 Å². The first-order chi connectivity index (χ1) is 10.2. The van der Waals surface area contributed by atoms with E-state index in [1.54, 1.807) is 0 Å². The van der Waals surface area contributed by atoms with Gasteiger partial charge in [-0.05, 0) is 64.3 Å². The molecule has 0 unspecified atom stereocenters. The third kappa shape index (κ3) is 3.07. The number of fused-ring (bicyclic) bond motifs is 1. The smallest absolute Gasteiger partial charge is 0.302 e. The minimum atomic E-state index is -0.165. The third-order valence-corrected chi connectivity index (χ3v) is 5.25. The van der Waals surface area contributed by atoms with Gasteiger partial charge in [-0.15, -0.1) is 0 Å². The van der Waals surface area contributed by atoms with Crippen LogP contribution in [0, 0.1) is 3.57 Å². The molecular formula is C18H19IO2. The summed E-state index contributed by atoms with van der Waals surface area (Å²) in [5, 5.41) is 2.56. The maximum atomic E-state index is 11.4. The van der Waals surface area contributed by atoms with Crippen molar-refractivity contribution in [3.05, 3.63) is 45.5 Å². The summed E-state index contributed by atoms with van der Waals surface area (Å²) in [6.45, 7) is 1.51. The number of benzene rings is 2. The molecule has 0 spiro atoms. The third-order valence-electron chi connectivity index (χ3n) is 4.31. The molecule has 0 bridgehead atoms. The second-order valence-corrected chi connectivity index (χ2v) is 6.88. The number of ether oxygens (including phenoxy) is 1. The molecule has 2 aromatic rings. The van der Waals surface area contributed by atoms with Gasteiger partial charge in [-0.3, -0.25) is 4.79 Å². The molecule has 110 valence electrons. The Hall–Kier alpha value is -1.10. The van der Waals surface area contributed by atoms with Gasteiger partial charge >= 0.3 is 5.97 Å². The minimum Gasteiger partial charge on any atom is -0.462 e. The van der Waals surface area contributed by atoms with E-state index < -0.39 is 0 Å². The number of esters is 1. The fraction of sp³-hybridized carbons (Fsp3) is 0.389. The zero-order chi connectivity index (χ0) is 14.8. The molecule has 1 aliphatic rings. The van der Waals surface area contributed by atoms with Crippen molar-refractivity contribution in [2.75, 3.05) is 0 Å². The van der Waals surface area contributed by atoms with Crippen LogP contribution in [-0.2, 0) is 9.53 Å². The van der Waals surface area contributed by atoms with E-state index in [1.807, 2.05) is 0 Å². The molecule has 0 aromatic heterocycles. The van der Waals surface area contributed by atoms with Crippen molar-refractivity contribution >= 4 is 39.3 Å². The summed E-state index contributed by atoms with van der Waals surface area (Å²) >= 11 is 2.41. The molecule has 0 saturated heterocycles. The molecular weight excluding hydrogens is 375 g/mol. The number of halogens is 1. The largest absolute Gasteiger partial charge is 0.462 e. The fourth-order valence-electron chi connectivity index (χ4n) is 3.43. The van der Waals surface area contributed by atoms with Crippen molar-refractivity contribution in [3.63, 3.8) is 0 Å². The summed E-state index contributed by atoms with van der Waals surface area (Å²) in [5.41, 5.74) is 1.36. The molecule has 0 N–H and O–H groups in total. The second-order valence-electron chi connectivity index (χ2n) is 5.72.